The first kappa shape index (κ1) is 16.6. The molecule has 0 aliphatic heterocycles. The van der Waals surface area contributed by atoms with E-state index in [2.05, 4.69) is 17.9 Å². The second-order valence-electron chi connectivity index (χ2n) is 2.71. The van der Waals surface area contributed by atoms with Crippen molar-refractivity contribution in [2.24, 2.45) is 0 Å². The van der Waals surface area contributed by atoms with Crippen LogP contribution in [0.4, 0.5) is 5.69 Å². The summed E-state index contributed by atoms with van der Waals surface area (Å²) in [4.78, 5) is 10.7. The number of carbonyl (C=O) groups excluding carboxylic acids is 1. The van der Waals surface area contributed by atoms with Crippen LogP contribution in [0.3, 0.4) is 0 Å². The number of thiol groups is 1. The molecule has 0 atom stereocenters. The Hall–Kier alpha value is 0.586. The summed E-state index contributed by atoms with van der Waals surface area (Å²) in [6, 6.07) is 5.32. The molecule has 0 saturated carbocycles. The van der Waals surface area contributed by atoms with Gasteiger partial charge in [0.2, 0.25) is 5.91 Å². The molecule has 0 bridgehead atoms. The summed E-state index contributed by atoms with van der Waals surface area (Å²) in [6.07, 6.45) is 0. The predicted octanol–water partition coefficient (Wildman–Crippen LogP) is 0.153. The maximum absolute atomic E-state index is 10.9. The molecule has 16 heavy (non-hydrogen) atoms. The van der Waals surface area contributed by atoms with Crippen LogP contribution in [0.15, 0.2) is 29.2 Å². The monoisotopic (exact) mass is 287 g/mol. The summed E-state index contributed by atoms with van der Waals surface area (Å²) >= 11 is 3.75. The summed E-state index contributed by atoms with van der Waals surface area (Å²) in [5, 5.41) is 2.41. The van der Waals surface area contributed by atoms with Crippen molar-refractivity contribution in [1.82, 2.24) is 0 Å². The van der Waals surface area contributed by atoms with Crippen molar-refractivity contribution in [3.05, 3.63) is 24.3 Å². The van der Waals surface area contributed by atoms with Crippen molar-refractivity contribution >= 4 is 85.7 Å². The van der Waals surface area contributed by atoms with Crippen molar-refractivity contribution in [2.75, 3.05) is 11.1 Å². The van der Waals surface area contributed by atoms with Gasteiger partial charge in [0.25, 0.3) is 10.1 Å². The third-order valence-electron chi connectivity index (χ3n) is 1.56. The number of benzene rings is 1. The van der Waals surface area contributed by atoms with E-state index in [4.69, 9.17) is 4.55 Å². The van der Waals surface area contributed by atoms with E-state index < -0.39 is 10.1 Å². The molecule has 2 N–H and O–H groups in total. The fourth-order valence-electron chi connectivity index (χ4n) is 0.935. The normalized spacial score (nSPS) is 10.4. The summed E-state index contributed by atoms with van der Waals surface area (Å²) < 4.78 is 30.3. The van der Waals surface area contributed by atoms with Crippen LogP contribution >= 0.6 is 12.6 Å². The molecule has 1 aromatic carbocycles. The Morgan fingerprint density at radius 3 is 2.56 bits per heavy atom. The van der Waals surface area contributed by atoms with Gasteiger partial charge < -0.3 is 5.32 Å². The van der Waals surface area contributed by atoms with Crippen LogP contribution in [0.1, 0.15) is 0 Å². The first-order valence-electron chi connectivity index (χ1n) is 3.92. The van der Waals surface area contributed by atoms with Gasteiger partial charge in [0, 0.05) is 5.69 Å². The molecule has 0 saturated heterocycles. The second kappa shape index (κ2) is 7.12. The number of carbonyl (C=O) groups is 1. The first-order chi connectivity index (χ1) is 6.93. The number of rotatable bonds is 3. The van der Waals surface area contributed by atoms with Crippen molar-refractivity contribution in [3.8, 4) is 0 Å². The standard InChI is InChI=1S/C8H9NO4S2.K.H/c10-8(5-14)9-6-2-1-3-7(4-6)15(11,12)13;;/h1-4,14H,5H2,(H,9,10)(H,11,12,13);;. The Bertz CT molecular complexity index is 475. The van der Waals surface area contributed by atoms with Gasteiger partial charge in [-0.15, -0.1) is 0 Å². The van der Waals surface area contributed by atoms with Crippen LogP contribution in [-0.2, 0) is 14.9 Å². The molecule has 1 aromatic rings. The fraction of sp³-hybridized carbons (Fsp3) is 0.125. The van der Waals surface area contributed by atoms with Gasteiger partial charge in [-0.1, -0.05) is 6.07 Å². The zero-order valence-corrected chi connectivity index (χ0v) is 9.25. The quantitative estimate of drug-likeness (QED) is 0.420. The average molecular weight is 287 g/mol. The van der Waals surface area contributed by atoms with E-state index in [1.165, 1.54) is 18.2 Å². The molecular weight excluding hydrogens is 277 g/mol. The van der Waals surface area contributed by atoms with Crippen LogP contribution in [0.2, 0.25) is 0 Å². The Balaban J connectivity index is 0.00000225. The molecule has 0 aromatic heterocycles. The Kier molecular flexibility index (Phi) is 7.38. The number of nitrogens with one attached hydrogen (secondary N) is 1. The first-order valence-corrected chi connectivity index (χ1v) is 5.99. The molecule has 0 aliphatic carbocycles. The van der Waals surface area contributed by atoms with Gasteiger partial charge in [-0.2, -0.15) is 21.0 Å². The molecule has 0 heterocycles. The van der Waals surface area contributed by atoms with Crippen molar-refractivity contribution in [2.45, 2.75) is 4.90 Å². The third-order valence-corrected chi connectivity index (χ3v) is 2.70. The van der Waals surface area contributed by atoms with Crippen LogP contribution in [0, 0.1) is 0 Å². The molecule has 84 valence electrons. The number of hydrogen-bond donors (Lipinski definition) is 3. The molecule has 0 spiro atoms. The van der Waals surface area contributed by atoms with E-state index in [0.29, 0.717) is 5.69 Å². The van der Waals surface area contributed by atoms with Gasteiger partial charge in [0.1, 0.15) is 0 Å². The molecular formula is C8H10KNO4S2. The summed E-state index contributed by atoms with van der Waals surface area (Å²) in [7, 11) is -4.24. The Morgan fingerprint density at radius 1 is 1.44 bits per heavy atom. The molecule has 0 unspecified atom stereocenters. The van der Waals surface area contributed by atoms with Crippen molar-refractivity contribution in [1.29, 1.82) is 0 Å². The van der Waals surface area contributed by atoms with Crippen molar-refractivity contribution in [3.63, 3.8) is 0 Å². The van der Waals surface area contributed by atoms with E-state index in [-0.39, 0.29) is 67.9 Å². The minimum atomic E-state index is -4.24. The predicted molar refractivity (Wildman–Crippen MR) is 65.9 cm³/mol. The van der Waals surface area contributed by atoms with E-state index in [9.17, 15) is 13.2 Å². The molecule has 1 amide bonds. The molecule has 0 fully saturated rings. The Labute approximate surface area is 142 Å². The van der Waals surface area contributed by atoms with Crippen LogP contribution < -0.4 is 5.32 Å². The molecule has 8 heteroatoms. The summed E-state index contributed by atoms with van der Waals surface area (Å²) in [5.74, 6) is -0.360. The zero-order chi connectivity index (χ0) is 11.5. The van der Waals surface area contributed by atoms with Crippen LogP contribution in [0.25, 0.3) is 0 Å². The average Bonchev–Trinajstić information content (AvgIpc) is 2.17. The fourth-order valence-corrected chi connectivity index (χ4v) is 1.54. The van der Waals surface area contributed by atoms with Crippen molar-refractivity contribution < 1.29 is 17.8 Å². The Morgan fingerprint density at radius 2 is 2.06 bits per heavy atom. The van der Waals surface area contributed by atoms with Gasteiger partial charge >= 0.3 is 51.4 Å². The zero-order valence-electron chi connectivity index (χ0n) is 7.54. The number of anilines is 1. The SMILES string of the molecule is O=C(CS)Nc1cccc(S(=O)(=O)O)c1.[KH]. The van der Waals surface area contributed by atoms with Crippen LogP contribution in [-0.4, -0.2) is 76.0 Å². The molecule has 5 nitrogen and oxygen atoms in total. The second-order valence-corrected chi connectivity index (χ2v) is 4.45. The number of amides is 1. The van der Waals surface area contributed by atoms with E-state index in [1.807, 2.05) is 0 Å². The maximum atomic E-state index is 10.9. The number of hydrogen-bond acceptors (Lipinski definition) is 4. The summed E-state index contributed by atoms with van der Waals surface area (Å²) in [6.45, 7) is 0. The summed E-state index contributed by atoms with van der Waals surface area (Å²) in [5.41, 5.74) is 0.296. The van der Waals surface area contributed by atoms with Gasteiger partial charge in [-0.05, 0) is 18.2 Å². The van der Waals surface area contributed by atoms with Crippen LogP contribution in [0.5, 0.6) is 0 Å². The molecule has 0 radical (unpaired) electrons. The minimum absolute atomic E-state index is 0. The topological polar surface area (TPSA) is 83.5 Å². The van der Waals surface area contributed by atoms with Gasteiger partial charge in [0.15, 0.2) is 0 Å². The van der Waals surface area contributed by atoms with E-state index in [1.54, 1.807) is 0 Å². The molecule has 1 rings (SSSR count). The van der Waals surface area contributed by atoms with Gasteiger partial charge in [0.05, 0.1) is 10.6 Å². The van der Waals surface area contributed by atoms with E-state index in [0.717, 1.165) is 6.07 Å². The van der Waals surface area contributed by atoms with Gasteiger partial charge in [-0.3, -0.25) is 9.35 Å². The van der Waals surface area contributed by atoms with E-state index >= 15 is 0 Å². The van der Waals surface area contributed by atoms with Gasteiger partial charge in [-0.25, -0.2) is 0 Å². The molecule has 0 aliphatic rings. The third kappa shape index (κ3) is 5.28.